The summed E-state index contributed by atoms with van der Waals surface area (Å²) in [6.45, 7) is 4.11. The van der Waals surface area contributed by atoms with Crippen molar-refractivity contribution < 1.29 is 13.6 Å². The topological polar surface area (TPSA) is 58.4 Å². The number of aromatic nitrogens is 1. The molecule has 1 fully saturated rings. The second kappa shape index (κ2) is 9.48. The highest BCUT2D eigenvalue weighted by atomic mass is 19.1. The van der Waals surface area contributed by atoms with E-state index in [-0.39, 0.29) is 11.7 Å². The van der Waals surface area contributed by atoms with Crippen LogP contribution in [0.3, 0.4) is 0 Å². The van der Waals surface area contributed by atoms with Gasteiger partial charge in [-0.15, -0.1) is 0 Å². The molecule has 1 aromatic heterocycles. The van der Waals surface area contributed by atoms with E-state index in [0.717, 1.165) is 13.0 Å². The first-order valence-corrected chi connectivity index (χ1v) is 9.41. The molecular formula is C20H26FN3O2. The van der Waals surface area contributed by atoms with Crippen LogP contribution in [0.25, 0.3) is 11.3 Å². The summed E-state index contributed by atoms with van der Waals surface area (Å²) in [6.07, 6.45) is 7.13. The first-order valence-electron chi connectivity index (χ1n) is 9.41. The Hall–Kier alpha value is -2.21. The zero-order valence-corrected chi connectivity index (χ0v) is 15.0. The number of halogens is 1. The third-order valence-electron chi connectivity index (χ3n) is 4.68. The van der Waals surface area contributed by atoms with Gasteiger partial charge in [0.2, 0.25) is 5.91 Å². The molecule has 0 spiro atoms. The van der Waals surface area contributed by atoms with E-state index < -0.39 is 0 Å². The molecule has 1 aromatic carbocycles. The summed E-state index contributed by atoms with van der Waals surface area (Å²) >= 11 is 0. The Kier molecular flexibility index (Phi) is 6.77. The lowest BCUT2D eigenvalue weighted by Gasteiger charge is -2.26. The molecule has 1 N–H and O–H groups in total. The predicted molar refractivity (Wildman–Crippen MR) is 98.1 cm³/mol. The number of nitrogens with one attached hydrogen (secondary N) is 1. The van der Waals surface area contributed by atoms with Gasteiger partial charge in [0.05, 0.1) is 11.8 Å². The molecule has 140 valence electrons. The van der Waals surface area contributed by atoms with Crippen molar-refractivity contribution in [2.75, 3.05) is 26.2 Å². The number of hydrogen-bond acceptors (Lipinski definition) is 4. The molecule has 0 saturated carbocycles. The standard InChI is InChI=1S/C20H26FN3O2/c21-17-8-3-2-7-16(17)18-15-23-20(26-18)10-9-19(25)22-11-6-14-24-12-4-1-5-13-24/h2-3,7-8,15H,1,4-6,9-14H2,(H,22,25). The van der Waals surface area contributed by atoms with Crippen LogP contribution < -0.4 is 5.32 Å². The zero-order chi connectivity index (χ0) is 18.2. The van der Waals surface area contributed by atoms with Crippen LogP contribution in [0.2, 0.25) is 0 Å². The van der Waals surface area contributed by atoms with Gasteiger partial charge in [-0.3, -0.25) is 4.79 Å². The molecule has 1 aliphatic rings. The lowest BCUT2D eigenvalue weighted by atomic mass is 10.1. The van der Waals surface area contributed by atoms with E-state index in [1.165, 1.54) is 44.6 Å². The van der Waals surface area contributed by atoms with Gasteiger partial charge < -0.3 is 14.6 Å². The second-order valence-corrected chi connectivity index (χ2v) is 6.70. The number of likely N-dealkylation sites (tertiary alicyclic amines) is 1. The molecule has 2 heterocycles. The number of carbonyl (C=O) groups is 1. The third-order valence-corrected chi connectivity index (χ3v) is 4.68. The Morgan fingerprint density at radius 3 is 2.85 bits per heavy atom. The van der Waals surface area contributed by atoms with Crippen LogP contribution in [0.15, 0.2) is 34.9 Å². The molecule has 26 heavy (non-hydrogen) atoms. The van der Waals surface area contributed by atoms with Gasteiger partial charge in [0.25, 0.3) is 0 Å². The average Bonchev–Trinajstić information content (AvgIpc) is 3.13. The SMILES string of the molecule is O=C(CCc1ncc(-c2ccccc2F)o1)NCCCN1CCCCC1. The molecule has 3 rings (SSSR count). The minimum atomic E-state index is -0.346. The maximum Gasteiger partial charge on any atom is 0.220 e. The number of nitrogens with zero attached hydrogens (tertiary/aromatic N) is 2. The summed E-state index contributed by atoms with van der Waals surface area (Å²) in [5.74, 6) is 0.489. The smallest absolute Gasteiger partial charge is 0.220 e. The molecular weight excluding hydrogens is 333 g/mol. The van der Waals surface area contributed by atoms with Crippen molar-refractivity contribution in [1.82, 2.24) is 15.2 Å². The van der Waals surface area contributed by atoms with Gasteiger partial charge in [0.1, 0.15) is 5.82 Å². The fourth-order valence-electron chi connectivity index (χ4n) is 3.23. The maximum absolute atomic E-state index is 13.8. The summed E-state index contributed by atoms with van der Waals surface area (Å²) in [5, 5.41) is 2.95. The van der Waals surface area contributed by atoms with E-state index in [0.29, 0.717) is 36.6 Å². The van der Waals surface area contributed by atoms with Crippen molar-refractivity contribution in [1.29, 1.82) is 0 Å². The number of amides is 1. The van der Waals surface area contributed by atoms with Crippen molar-refractivity contribution in [3.63, 3.8) is 0 Å². The number of piperidine rings is 1. The van der Waals surface area contributed by atoms with Crippen LogP contribution in [0.1, 0.15) is 38.0 Å². The lowest BCUT2D eigenvalue weighted by Crippen LogP contribution is -2.33. The van der Waals surface area contributed by atoms with Crippen molar-refractivity contribution >= 4 is 5.91 Å². The zero-order valence-electron chi connectivity index (χ0n) is 15.0. The summed E-state index contributed by atoms with van der Waals surface area (Å²) in [7, 11) is 0. The largest absolute Gasteiger partial charge is 0.441 e. The van der Waals surface area contributed by atoms with Crippen molar-refractivity contribution in [2.45, 2.75) is 38.5 Å². The van der Waals surface area contributed by atoms with Crippen LogP contribution in [0, 0.1) is 5.82 Å². The van der Waals surface area contributed by atoms with Crippen molar-refractivity contribution in [2.24, 2.45) is 0 Å². The van der Waals surface area contributed by atoms with E-state index in [1.54, 1.807) is 18.2 Å². The van der Waals surface area contributed by atoms with Gasteiger partial charge in [0.15, 0.2) is 11.7 Å². The quantitative estimate of drug-likeness (QED) is 0.734. The first-order chi connectivity index (χ1) is 12.7. The molecule has 0 unspecified atom stereocenters. The van der Waals surface area contributed by atoms with Gasteiger partial charge >= 0.3 is 0 Å². The molecule has 6 heteroatoms. The minimum Gasteiger partial charge on any atom is -0.441 e. The summed E-state index contributed by atoms with van der Waals surface area (Å²) in [5.41, 5.74) is 0.383. The van der Waals surface area contributed by atoms with Crippen LogP contribution in [-0.2, 0) is 11.2 Å². The highest BCUT2D eigenvalue weighted by Gasteiger charge is 2.12. The number of oxazole rings is 1. The fourth-order valence-corrected chi connectivity index (χ4v) is 3.23. The number of hydrogen-bond donors (Lipinski definition) is 1. The molecule has 1 saturated heterocycles. The Morgan fingerprint density at radius 1 is 1.23 bits per heavy atom. The molecule has 0 bridgehead atoms. The second-order valence-electron chi connectivity index (χ2n) is 6.70. The average molecular weight is 359 g/mol. The predicted octanol–water partition coefficient (Wildman–Crippen LogP) is 3.41. The van der Waals surface area contributed by atoms with Crippen molar-refractivity contribution in [3.8, 4) is 11.3 Å². The lowest BCUT2D eigenvalue weighted by molar-refractivity contribution is -0.121. The highest BCUT2D eigenvalue weighted by Crippen LogP contribution is 2.23. The van der Waals surface area contributed by atoms with Gasteiger partial charge in [0, 0.05) is 19.4 Å². The Bertz CT molecular complexity index is 711. The highest BCUT2D eigenvalue weighted by molar-refractivity contribution is 5.76. The van der Waals surface area contributed by atoms with E-state index in [2.05, 4.69) is 15.2 Å². The van der Waals surface area contributed by atoms with E-state index in [1.807, 2.05) is 0 Å². The third kappa shape index (κ3) is 5.39. The molecule has 1 aliphatic heterocycles. The Labute approximate surface area is 153 Å². The van der Waals surface area contributed by atoms with Gasteiger partial charge in [-0.25, -0.2) is 9.37 Å². The van der Waals surface area contributed by atoms with Gasteiger partial charge in [-0.05, 0) is 51.0 Å². The number of benzene rings is 1. The van der Waals surface area contributed by atoms with Gasteiger partial charge in [-0.2, -0.15) is 0 Å². The Morgan fingerprint density at radius 2 is 2.04 bits per heavy atom. The van der Waals surface area contributed by atoms with E-state index >= 15 is 0 Å². The van der Waals surface area contributed by atoms with Crippen LogP contribution in [0.4, 0.5) is 4.39 Å². The summed E-state index contributed by atoms with van der Waals surface area (Å²) < 4.78 is 19.3. The maximum atomic E-state index is 13.8. The minimum absolute atomic E-state index is 0.00529. The van der Waals surface area contributed by atoms with Crippen LogP contribution >= 0.6 is 0 Å². The molecule has 0 aliphatic carbocycles. The fraction of sp³-hybridized carbons (Fsp3) is 0.500. The Balaban J connectivity index is 1.36. The molecule has 2 aromatic rings. The molecule has 0 radical (unpaired) electrons. The number of carbonyl (C=O) groups excluding carboxylic acids is 1. The number of rotatable bonds is 8. The van der Waals surface area contributed by atoms with E-state index in [4.69, 9.17) is 4.42 Å². The first kappa shape index (κ1) is 18.6. The monoisotopic (exact) mass is 359 g/mol. The van der Waals surface area contributed by atoms with Gasteiger partial charge in [-0.1, -0.05) is 18.6 Å². The van der Waals surface area contributed by atoms with Crippen molar-refractivity contribution in [3.05, 3.63) is 42.2 Å². The normalized spacial score (nSPS) is 15.1. The van der Waals surface area contributed by atoms with E-state index in [9.17, 15) is 9.18 Å². The van der Waals surface area contributed by atoms with Crippen LogP contribution in [0.5, 0.6) is 0 Å². The van der Waals surface area contributed by atoms with Crippen LogP contribution in [-0.4, -0.2) is 42.0 Å². The molecule has 0 atom stereocenters. The molecule has 1 amide bonds. The summed E-state index contributed by atoms with van der Waals surface area (Å²) in [6, 6.07) is 6.41. The summed E-state index contributed by atoms with van der Waals surface area (Å²) in [4.78, 5) is 18.6. The number of aryl methyl sites for hydroxylation is 1. The molecule has 5 nitrogen and oxygen atoms in total.